The van der Waals surface area contributed by atoms with Gasteiger partial charge >= 0.3 is 0 Å². The zero-order chi connectivity index (χ0) is 22.2. The third-order valence-corrected chi connectivity index (χ3v) is 6.39. The van der Waals surface area contributed by atoms with Gasteiger partial charge in [-0.15, -0.1) is 0 Å². The summed E-state index contributed by atoms with van der Waals surface area (Å²) < 4.78 is 15.5. The first-order valence-corrected chi connectivity index (χ1v) is 11.1. The van der Waals surface area contributed by atoms with Gasteiger partial charge in [-0.3, -0.25) is 19.3 Å². The normalized spacial score (nSPS) is 18.9. The molecule has 5 rings (SSSR count). The number of hydrogen-bond donors (Lipinski definition) is 0. The number of benzene rings is 1. The molecule has 166 valence electrons. The van der Waals surface area contributed by atoms with Gasteiger partial charge in [0, 0.05) is 43.0 Å². The third-order valence-electron chi connectivity index (χ3n) is 6.39. The maximum atomic E-state index is 13.7. The molecule has 1 atom stereocenters. The van der Waals surface area contributed by atoms with E-state index < -0.39 is 0 Å². The summed E-state index contributed by atoms with van der Waals surface area (Å²) in [5, 5.41) is 4.28. The average molecular weight is 435 g/mol. The summed E-state index contributed by atoms with van der Waals surface area (Å²) in [6.45, 7) is 4.08. The molecule has 0 saturated carbocycles. The van der Waals surface area contributed by atoms with Crippen molar-refractivity contribution in [1.29, 1.82) is 0 Å². The van der Waals surface area contributed by atoms with Crippen LogP contribution >= 0.6 is 0 Å². The van der Waals surface area contributed by atoms with Crippen LogP contribution in [0.5, 0.6) is 0 Å². The summed E-state index contributed by atoms with van der Waals surface area (Å²) >= 11 is 0. The maximum absolute atomic E-state index is 13.7. The number of nitrogens with zero attached hydrogens (tertiary/aromatic N) is 6. The molecule has 3 aromatic rings. The van der Waals surface area contributed by atoms with E-state index in [9.17, 15) is 9.18 Å². The first-order chi connectivity index (χ1) is 15.5. The van der Waals surface area contributed by atoms with Gasteiger partial charge in [-0.05, 0) is 50.4 Å². The smallest absolute Gasteiger partial charge is 0.228 e. The molecule has 8 heteroatoms. The fraction of sp³-hybridized carbons (Fsp3) is 0.417. The van der Waals surface area contributed by atoms with Gasteiger partial charge in [0.1, 0.15) is 17.5 Å². The number of fused-ring (bicyclic) bond motifs is 1. The number of likely N-dealkylation sites (tertiary alicyclic amines) is 1. The van der Waals surface area contributed by atoms with Crippen molar-refractivity contribution in [2.45, 2.75) is 51.7 Å². The molecule has 0 bridgehead atoms. The predicted molar refractivity (Wildman–Crippen MR) is 118 cm³/mol. The minimum Gasteiger partial charge on any atom is -0.292 e. The molecular weight excluding hydrogens is 407 g/mol. The fourth-order valence-corrected chi connectivity index (χ4v) is 4.83. The topological polar surface area (TPSA) is 67.2 Å². The molecular formula is C24H27FN6O. The van der Waals surface area contributed by atoms with Crippen molar-refractivity contribution in [3.05, 3.63) is 70.7 Å². The number of carbonyl (C=O) groups excluding carboxylic acids is 1. The van der Waals surface area contributed by atoms with Gasteiger partial charge in [-0.2, -0.15) is 5.10 Å². The number of hydrogen-bond acceptors (Lipinski definition) is 5. The van der Waals surface area contributed by atoms with Gasteiger partial charge in [0.2, 0.25) is 5.91 Å². The lowest BCUT2D eigenvalue weighted by atomic mass is 10.0. The zero-order valence-electron chi connectivity index (χ0n) is 18.5. The van der Waals surface area contributed by atoms with Crippen LogP contribution in [0.4, 0.5) is 10.2 Å². The number of aryl methyl sites for hydroxylation is 2. The minimum atomic E-state index is -0.302. The number of anilines is 1. The second-order valence-electron chi connectivity index (χ2n) is 8.73. The quantitative estimate of drug-likeness (QED) is 0.615. The summed E-state index contributed by atoms with van der Waals surface area (Å²) in [6, 6.07) is 6.50. The standard InChI is InChI=1S/C24H27FN6O/c1-16-20-8-9-22(32)31(15-17-5-3-6-19(25)11-17)24(20)28-23(27-16)21-7-4-10-30(21)14-18-12-26-29(2)13-18/h3,5-6,11-13,21H,4,7-10,14-15H2,1-2H3/t21-/m1/s1. The van der Waals surface area contributed by atoms with Gasteiger partial charge in [-0.25, -0.2) is 14.4 Å². The molecule has 2 aliphatic rings. The van der Waals surface area contributed by atoms with Gasteiger partial charge < -0.3 is 0 Å². The lowest BCUT2D eigenvalue weighted by molar-refractivity contribution is -0.119. The number of halogens is 1. The Morgan fingerprint density at radius 1 is 1.16 bits per heavy atom. The van der Waals surface area contributed by atoms with E-state index >= 15 is 0 Å². The summed E-state index contributed by atoms with van der Waals surface area (Å²) in [5.41, 5.74) is 3.86. The summed E-state index contributed by atoms with van der Waals surface area (Å²) in [4.78, 5) is 26.8. The fourth-order valence-electron chi connectivity index (χ4n) is 4.83. The molecule has 1 saturated heterocycles. The lowest BCUT2D eigenvalue weighted by Crippen LogP contribution is -2.37. The van der Waals surface area contributed by atoms with E-state index in [4.69, 9.17) is 9.97 Å². The monoisotopic (exact) mass is 434 g/mol. The van der Waals surface area contributed by atoms with E-state index in [0.29, 0.717) is 25.2 Å². The van der Waals surface area contributed by atoms with Crippen molar-refractivity contribution in [2.24, 2.45) is 7.05 Å². The third kappa shape index (κ3) is 4.02. The van der Waals surface area contributed by atoms with Gasteiger partial charge in [0.25, 0.3) is 0 Å². The maximum Gasteiger partial charge on any atom is 0.228 e. The number of aromatic nitrogens is 4. The van der Waals surface area contributed by atoms with Crippen LogP contribution < -0.4 is 4.90 Å². The highest BCUT2D eigenvalue weighted by Gasteiger charge is 2.33. The predicted octanol–water partition coefficient (Wildman–Crippen LogP) is 3.47. The molecule has 1 amide bonds. The van der Waals surface area contributed by atoms with Crippen molar-refractivity contribution in [3.8, 4) is 0 Å². The van der Waals surface area contributed by atoms with Crippen molar-refractivity contribution in [1.82, 2.24) is 24.6 Å². The molecule has 0 unspecified atom stereocenters. The van der Waals surface area contributed by atoms with Crippen molar-refractivity contribution in [3.63, 3.8) is 0 Å². The van der Waals surface area contributed by atoms with Crippen LogP contribution in [-0.4, -0.2) is 37.1 Å². The summed E-state index contributed by atoms with van der Waals surface area (Å²) in [6.07, 6.45) is 7.06. The van der Waals surface area contributed by atoms with Crippen LogP contribution in [0.25, 0.3) is 0 Å². The number of amides is 1. The van der Waals surface area contributed by atoms with Crippen LogP contribution in [0.1, 0.15) is 53.5 Å². The Morgan fingerprint density at radius 3 is 2.81 bits per heavy atom. The lowest BCUT2D eigenvalue weighted by Gasteiger charge is -2.31. The zero-order valence-corrected chi connectivity index (χ0v) is 18.5. The van der Waals surface area contributed by atoms with Crippen LogP contribution in [0.15, 0.2) is 36.7 Å². The first-order valence-electron chi connectivity index (χ1n) is 11.1. The largest absolute Gasteiger partial charge is 0.292 e. The summed E-state index contributed by atoms with van der Waals surface area (Å²) in [5.74, 6) is 1.16. The molecule has 0 spiro atoms. The second kappa shape index (κ2) is 8.43. The SMILES string of the molecule is Cc1nc([C@H]2CCCN2Cc2cnn(C)c2)nc2c1CCC(=O)N2Cc1cccc(F)c1. The van der Waals surface area contributed by atoms with Crippen LogP contribution in [0.3, 0.4) is 0 Å². The van der Waals surface area contributed by atoms with Crippen molar-refractivity contribution >= 4 is 11.7 Å². The van der Waals surface area contributed by atoms with E-state index in [1.165, 1.54) is 12.1 Å². The van der Waals surface area contributed by atoms with Gasteiger partial charge in [0.05, 0.1) is 18.8 Å². The molecule has 4 heterocycles. The Labute approximate surface area is 186 Å². The van der Waals surface area contributed by atoms with Crippen LogP contribution in [0, 0.1) is 12.7 Å². The summed E-state index contributed by atoms with van der Waals surface area (Å²) in [7, 11) is 1.92. The number of rotatable bonds is 5. The molecule has 0 aliphatic carbocycles. The van der Waals surface area contributed by atoms with E-state index in [1.54, 1.807) is 11.0 Å². The first kappa shape index (κ1) is 20.8. The molecule has 2 aliphatic heterocycles. The van der Waals surface area contributed by atoms with Crippen molar-refractivity contribution in [2.75, 3.05) is 11.4 Å². The van der Waals surface area contributed by atoms with E-state index in [1.807, 2.05) is 37.1 Å². The Balaban J connectivity index is 1.47. The van der Waals surface area contributed by atoms with Crippen LogP contribution in [0.2, 0.25) is 0 Å². The Bertz CT molecular complexity index is 1160. The van der Waals surface area contributed by atoms with Gasteiger partial charge in [0.15, 0.2) is 0 Å². The minimum absolute atomic E-state index is 0.0180. The van der Waals surface area contributed by atoms with Crippen LogP contribution in [-0.2, 0) is 31.4 Å². The molecule has 2 aromatic heterocycles. The van der Waals surface area contributed by atoms with E-state index in [0.717, 1.165) is 54.1 Å². The Morgan fingerprint density at radius 2 is 2.03 bits per heavy atom. The van der Waals surface area contributed by atoms with Gasteiger partial charge in [-0.1, -0.05) is 12.1 Å². The van der Waals surface area contributed by atoms with E-state index in [2.05, 4.69) is 10.00 Å². The van der Waals surface area contributed by atoms with Crippen molar-refractivity contribution < 1.29 is 9.18 Å². The molecule has 1 fully saturated rings. The molecule has 7 nitrogen and oxygen atoms in total. The Hall–Kier alpha value is -3.13. The second-order valence-corrected chi connectivity index (χ2v) is 8.73. The molecule has 32 heavy (non-hydrogen) atoms. The molecule has 0 radical (unpaired) electrons. The highest BCUT2D eigenvalue weighted by molar-refractivity contribution is 5.95. The molecule has 0 N–H and O–H groups in total. The molecule has 1 aromatic carbocycles. The Kier molecular flexibility index (Phi) is 5.46. The highest BCUT2D eigenvalue weighted by Crippen LogP contribution is 2.35. The van der Waals surface area contributed by atoms with E-state index in [-0.39, 0.29) is 17.8 Å². The highest BCUT2D eigenvalue weighted by atomic mass is 19.1. The average Bonchev–Trinajstić information content (AvgIpc) is 3.39. The number of carbonyl (C=O) groups is 1.